The van der Waals surface area contributed by atoms with Crippen molar-refractivity contribution in [1.29, 1.82) is 0 Å². The summed E-state index contributed by atoms with van der Waals surface area (Å²) < 4.78 is 5.48. The fourth-order valence-corrected chi connectivity index (χ4v) is 5.66. The zero-order chi connectivity index (χ0) is 20.1. The lowest BCUT2D eigenvalue weighted by Crippen LogP contribution is -2.43. The fourth-order valence-electron chi connectivity index (χ4n) is 3.79. The molecule has 0 unspecified atom stereocenters. The van der Waals surface area contributed by atoms with Crippen molar-refractivity contribution in [3.8, 4) is 0 Å². The second kappa shape index (κ2) is 10.1. The Hall–Kier alpha value is -1.11. The van der Waals surface area contributed by atoms with Gasteiger partial charge in [-0.3, -0.25) is 4.79 Å². The third-order valence-corrected chi connectivity index (χ3v) is 7.11. The molecule has 3 rings (SSSR count). The van der Waals surface area contributed by atoms with E-state index in [1.807, 2.05) is 13.0 Å². The highest BCUT2D eigenvalue weighted by molar-refractivity contribution is 8.00. The highest BCUT2D eigenvalue weighted by Crippen LogP contribution is 2.43. The molecule has 2 fully saturated rings. The van der Waals surface area contributed by atoms with Crippen molar-refractivity contribution < 1.29 is 14.3 Å². The number of nitrogens with one attached hydrogen (secondary N) is 1. The van der Waals surface area contributed by atoms with E-state index in [9.17, 15) is 9.59 Å². The number of nitrogens with zero attached hydrogens (tertiary/aromatic N) is 1. The molecule has 1 N–H and O–H groups in total. The number of carbonyl (C=O) groups is 2. The zero-order valence-electron chi connectivity index (χ0n) is 16.0. The molecule has 2 atom stereocenters. The Kier molecular flexibility index (Phi) is 7.77. The first kappa shape index (κ1) is 21.6. The van der Waals surface area contributed by atoms with Gasteiger partial charge >= 0.3 is 6.09 Å². The molecule has 1 aromatic carbocycles. The minimum absolute atomic E-state index is 0.0316. The summed E-state index contributed by atoms with van der Waals surface area (Å²) in [7, 11) is 0. The van der Waals surface area contributed by atoms with Crippen LogP contribution in [0.3, 0.4) is 0 Å². The van der Waals surface area contributed by atoms with Gasteiger partial charge in [0.2, 0.25) is 5.91 Å². The molecule has 0 radical (unpaired) electrons. The Morgan fingerprint density at radius 3 is 2.75 bits per heavy atom. The lowest BCUT2D eigenvalue weighted by molar-refractivity contribution is -0.131. The number of amides is 2. The number of ether oxygens (including phenoxy) is 1. The second-order valence-corrected chi connectivity index (χ2v) is 9.18. The summed E-state index contributed by atoms with van der Waals surface area (Å²) in [6, 6.07) is 5.33. The van der Waals surface area contributed by atoms with Gasteiger partial charge in [-0.15, -0.1) is 11.8 Å². The first-order valence-electron chi connectivity index (χ1n) is 9.80. The lowest BCUT2D eigenvalue weighted by Gasteiger charge is -2.32. The molecule has 1 saturated carbocycles. The molecule has 1 aliphatic heterocycles. The van der Waals surface area contributed by atoms with E-state index in [1.54, 1.807) is 17.0 Å². The van der Waals surface area contributed by atoms with E-state index in [2.05, 4.69) is 5.32 Å². The maximum atomic E-state index is 12.6. The quantitative estimate of drug-likeness (QED) is 0.637. The van der Waals surface area contributed by atoms with Gasteiger partial charge in [-0.1, -0.05) is 55.5 Å². The number of carbonyl (C=O) groups excluding carboxylic acids is 2. The van der Waals surface area contributed by atoms with Crippen molar-refractivity contribution in [3.63, 3.8) is 0 Å². The van der Waals surface area contributed by atoms with Crippen LogP contribution in [0.4, 0.5) is 4.79 Å². The Bertz CT molecular complexity index is 713. The average Bonchev–Trinajstić information content (AvgIpc) is 3.04. The van der Waals surface area contributed by atoms with Crippen molar-refractivity contribution in [3.05, 3.63) is 33.8 Å². The van der Waals surface area contributed by atoms with Gasteiger partial charge in [-0.2, -0.15) is 0 Å². The molecule has 28 heavy (non-hydrogen) atoms. The Morgan fingerprint density at radius 1 is 1.32 bits per heavy atom. The van der Waals surface area contributed by atoms with Crippen LogP contribution in [0.1, 0.15) is 56.4 Å². The first-order chi connectivity index (χ1) is 13.5. The monoisotopic (exact) mass is 444 g/mol. The predicted octanol–water partition coefficient (Wildman–Crippen LogP) is 5.40. The second-order valence-electron chi connectivity index (χ2n) is 7.27. The van der Waals surface area contributed by atoms with Crippen LogP contribution in [0.15, 0.2) is 18.2 Å². The number of benzene rings is 1. The largest absolute Gasteiger partial charge is 0.447 e. The molecule has 154 valence electrons. The summed E-state index contributed by atoms with van der Waals surface area (Å²) in [5.74, 6) is 0.415. The van der Waals surface area contributed by atoms with Crippen LogP contribution in [0.5, 0.6) is 0 Å². The van der Waals surface area contributed by atoms with Crippen molar-refractivity contribution in [1.82, 2.24) is 10.2 Å². The van der Waals surface area contributed by atoms with Gasteiger partial charge in [0.15, 0.2) is 0 Å². The minimum atomic E-state index is -0.397. The Labute approximate surface area is 180 Å². The van der Waals surface area contributed by atoms with Crippen molar-refractivity contribution in [2.24, 2.45) is 0 Å². The molecule has 8 heteroatoms. The number of thioether (sulfide) groups is 1. The van der Waals surface area contributed by atoms with Gasteiger partial charge in [0.25, 0.3) is 0 Å². The minimum Gasteiger partial charge on any atom is -0.447 e. The van der Waals surface area contributed by atoms with Gasteiger partial charge in [0.05, 0.1) is 11.8 Å². The molecule has 1 aliphatic carbocycles. The first-order valence-corrected chi connectivity index (χ1v) is 11.6. The molecular weight excluding hydrogens is 419 g/mol. The average molecular weight is 445 g/mol. The number of halogens is 2. The smallest absolute Gasteiger partial charge is 0.407 e. The third kappa shape index (κ3) is 5.28. The van der Waals surface area contributed by atoms with Gasteiger partial charge < -0.3 is 15.0 Å². The fraction of sp³-hybridized carbons (Fsp3) is 0.600. The number of alkyl carbamates (subject to hydrolysis) is 1. The van der Waals surface area contributed by atoms with Gasteiger partial charge in [-0.05, 0) is 31.4 Å². The highest BCUT2D eigenvalue weighted by atomic mass is 35.5. The number of hydrogen-bond donors (Lipinski definition) is 1. The number of rotatable bonds is 6. The van der Waals surface area contributed by atoms with Crippen LogP contribution < -0.4 is 5.32 Å². The van der Waals surface area contributed by atoms with Crippen LogP contribution in [0.2, 0.25) is 10.0 Å². The van der Waals surface area contributed by atoms with E-state index < -0.39 is 6.09 Å². The molecule has 1 heterocycles. The van der Waals surface area contributed by atoms with Gasteiger partial charge in [0.1, 0.15) is 12.0 Å². The van der Waals surface area contributed by atoms with Crippen LogP contribution in [-0.2, 0) is 9.53 Å². The zero-order valence-corrected chi connectivity index (χ0v) is 18.3. The van der Waals surface area contributed by atoms with Gasteiger partial charge in [0, 0.05) is 21.7 Å². The highest BCUT2D eigenvalue weighted by Gasteiger charge is 2.38. The molecular formula is C20H26Cl2N2O3S. The molecule has 0 aromatic heterocycles. The van der Waals surface area contributed by atoms with E-state index in [1.165, 1.54) is 18.2 Å². The summed E-state index contributed by atoms with van der Waals surface area (Å²) in [6.07, 6.45) is 5.82. The topological polar surface area (TPSA) is 58.6 Å². The summed E-state index contributed by atoms with van der Waals surface area (Å²) in [4.78, 5) is 26.6. The maximum absolute atomic E-state index is 12.6. The van der Waals surface area contributed by atoms with Crippen LogP contribution in [-0.4, -0.2) is 41.3 Å². The van der Waals surface area contributed by atoms with E-state index in [0.717, 1.165) is 31.2 Å². The van der Waals surface area contributed by atoms with E-state index in [0.29, 0.717) is 22.2 Å². The van der Waals surface area contributed by atoms with Crippen LogP contribution in [0.25, 0.3) is 0 Å². The van der Waals surface area contributed by atoms with E-state index in [-0.39, 0.29) is 30.0 Å². The van der Waals surface area contributed by atoms with Crippen molar-refractivity contribution in [2.45, 2.75) is 62.9 Å². The summed E-state index contributed by atoms with van der Waals surface area (Å²) in [6.45, 7) is 2.16. The Morgan fingerprint density at radius 2 is 2.07 bits per heavy atom. The predicted molar refractivity (Wildman–Crippen MR) is 114 cm³/mol. The van der Waals surface area contributed by atoms with Crippen molar-refractivity contribution in [2.75, 3.05) is 12.4 Å². The molecule has 2 amide bonds. The Balaban J connectivity index is 1.63. The maximum Gasteiger partial charge on any atom is 0.407 e. The lowest BCUT2D eigenvalue weighted by atomic mass is 9.96. The molecule has 1 aromatic rings. The van der Waals surface area contributed by atoms with Gasteiger partial charge in [-0.25, -0.2) is 4.79 Å². The summed E-state index contributed by atoms with van der Waals surface area (Å²) in [5.41, 5.74) is 0.854. The normalized spacial score (nSPS) is 21.6. The van der Waals surface area contributed by atoms with Crippen LogP contribution in [0, 0.1) is 0 Å². The molecule has 5 nitrogen and oxygen atoms in total. The standard InChI is InChI=1S/C20H26Cl2N2O3S/c1-2-15(11-27-20(26)23-14-6-4-3-5-7-14)24-18(25)12-28-19(24)16-9-8-13(21)10-17(16)22/h8-10,14-15,19H,2-7,11-12H2,1H3,(H,23,26)/t15-,19+/m0/s1. The van der Waals surface area contributed by atoms with E-state index >= 15 is 0 Å². The van der Waals surface area contributed by atoms with Crippen LogP contribution >= 0.6 is 35.0 Å². The molecule has 0 spiro atoms. The summed E-state index contributed by atoms with van der Waals surface area (Å²) >= 11 is 13.9. The van der Waals surface area contributed by atoms with E-state index in [4.69, 9.17) is 27.9 Å². The summed E-state index contributed by atoms with van der Waals surface area (Å²) in [5, 5.41) is 3.85. The molecule has 2 aliphatic rings. The third-order valence-electron chi connectivity index (χ3n) is 5.33. The SMILES string of the molecule is CC[C@@H](COC(=O)NC1CCCCC1)N1C(=O)CS[C@@H]1c1ccc(Cl)cc1Cl. The molecule has 0 bridgehead atoms. The molecule has 1 saturated heterocycles. The number of hydrogen-bond acceptors (Lipinski definition) is 4. The van der Waals surface area contributed by atoms with Crippen molar-refractivity contribution >= 4 is 47.0 Å².